The van der Waals surface area contributed by atoms with Crippen LogP contribution < -0.4 is 0 Å². The molecule has 144 valence electrons. The van der Waals surface area contributed by atoms with E-state index in [1.165, 1.54) is 70.2 Å². The summed E-state index contributed by atoms with van der Waals surface area (Å²) in [6.45, 7) is 9.01. The van der Waals surface area contributed by atoms with Crippen molar-refractivity contribution in [1.82, 2.24) is 0 Å². The second-order valence-electron chi connectivity index (χ2n) is 8.93. The summed E-state index contributed by atoms with van der Waals surface area (Å²) in [7, 11) is 0. The van der Waals surface area contributed by atoms with Gasteiger partial charge in [-0.25, -0.2) is 0 Å². The molecule has 0 spiro atoms. The summed E-state index contributed by atoms with van der Waals surface area (Å²) >= 11 is 0. The van der Waals surface area contributed by atoms with Crippen LogP contribution >= 0.6 is 0 Å². The maximum absolute atomic E-state index is 2.39. The first-order chi connectivity index (χ1) is 13.5. The van der Waals surface area contributed by atoms with Gasteiger partial charge in [0.05, 0.1) is 0 Å². The molecule has 1 aliphatic carbocycles. The van der Waals surface area contributed by atoms with Gasteiger partial charge in [-0.1, -0.05) is 86.0 Å². The molecule has 0 heterocycles. The predicted octanol–water partition coefficient (Wildman–Crippen LogP) is 8.24. The zero-order valence-electron chi connectivity index (χ0n) is 17.8. The van der Waals surface area contributed by atoms with Crippen LogP contribution in [-0.4, -0.2) is 0 Å². The van der Waals surface area contributed by atoms with Gasteiger partial charge in [0.15, 0.2) is 0 Å². The Morgan fingerprint density at radius 2 is 1.14 bits per heavy atom. The zero-order chi connectivity index (χ0) is 19.7. The fraction of sp³-hybridized carbons (Fsp3) is 0.357. The molecular weight excluding hydrogens is 336 g/mol. The number of hydrogen-bond acceptors (Lipinski definition) is 0. The highest BCUT2D eigenvalue weighted by molar-refractivity contribution is 5.76. The Bertz CT molecular complexity index is 913. The first-order valence-corrected chi connectivity index (χ1v) is 10.8. The average Bonchev–Trinajstić information content (AvgIpc) is 2.70. The standard InChI is InChI=1S/C28H32/c1-19-5-9-23(10-6-19)24-13-15-25(16-14-24)27-17-21(3)28(22(4)18-27)26-11-7-20(2)8-12-26/h7-8,11-19,23H,5-6,9-10H2,1-4H3. The van der Waals surface area contributed by atoms with Gasteiger partial charge in [-0.3, -0.25) is 0 Å². The highest BCUT2D eigenvalue weighted by atomic mass is 14.2. The minimum Gasteiger partial charge on any atom is -0.0625 e. The van der Waals surface area contributed by atoms with Crippen LogP contribution in [0.4, 0.5) is 0 Å². The van der Waals surface area contributed by atoms with Gasteiger partial charge in [-0.05, 0) is 84.4 Å². The first kappa shape index (κ1) is 19.0. The van der Waals surface area contributed by atoms with Crippen LogP contribution in [0.2, 0.25) is 0 Å². The normalized spacial score (nSPS) is 19.6. The Balaban J connectivity index is 1.60. The van der Waals surface area contributed by atoms with Crippen molar-refractivity contribution in [3.63, 3.8) is 0 Å². The Labute approximate surface area is 170 Å². The van der Waals surface area contributed by atoms with Crippen molar-refractivity contribution in [2.24, 2.45) is 5.92 Å². The predicted molar refractivity (Wildman–Crippen MR) is 122 cm³/mol. The summed E-state index contributed by atoms with van der Waals surface area (Å²) in [5, 5.41) is 0. The molecule has 3 aromatic rings. The Hall–Kier alpha value is -2.34. The number of aryl methyl sites for hydroxylation is 3. The van der Waals surface area contributed by atoms with Gasteiger partial charge in [-0.2, -0.15) is 0 Å². The molecule has 0 heteroatoms. The summed E-state index contributed by atoms with van der Waals surface area (Å²) in [6.07, 6.45) is 5.46. The molecule has 0 radical (unpaired) electrons. The van der Waals surface area contributed by atoms with E-state index in [4.69, 9.17) is 0 Å². The molecule has 0 unspecified atom stereocenters. The van der Waals surface area contributed by atoms with Crippen LogP contribution in [0.25, 0.3) is 22.3 Å². The maximum Gasteiger partial charge on any atom is -0.0125 e. The molecule has 28 heavy (non-hydrogen) atoms. The van der Waals surface area contributed by atoms with E-state index in [2.05, 4.69) is 88.4 Å². The van der Waals surface area contributed by atoms with Crippen molar-refractivity contribution in [2.75, 3.05) is 0 Å². The molecule has 0 bridgehead atoms. The van der Waals surface area contributed by atoms with Crippen LogP contribution in [0, 0.1) is 26.7 Å². The van der Waals surface area contributed by atoms with Gasteiger partial charge in [0.1, 0.15) is 0 Å². The minimum absolute atomic E-state index is 0.762. The van der Waals surface area contributed by atoms with E-state index >= 15 is 0 Å². The monoisotopic (exact) mass is 368 g/mol. The molecule has 4 rings (SSSR count). The average molecular weight is 369 g/mol. The molecule has 0 saturated heterocycles. The number of benzene rings is 3. The topological polar surface area (TPSA) is 0 Å². The third-order valence-corrected chi connectivity index (χ3v) is 6.60. The fourth-order valence-electron chi connectivity index (χ4n) is 4.85. The van der Waals surface area contributed by atoms with Crippen molar-refractivity contribution in [1.29, 1.82) is 0 Å². The van der Waals surface area contributed by atoms with E-state index < -0.39 is 0 Å². The summed E-state index contributed by atoms with van der Waals surface area (Å²) in [6, 6.07) is 23.0. The molecule has 0 amide bonds. The summed E-state index contributed by atoms with van der Waals surface area (Å²) in [4.78, 5) is 0. The Morgan fingerprint density at radius 3 is 1.71 bits per heavy atom. The van der Waals surface area contributed by atoms with Crippen LogP contribution in [0.5, 0.6) is 0 Å². The van der Waals surface area contributed by atoms with E-state index in [9.17, 15) is 0 Å². The number of rotatable bonds is 3. The Kier molecular flexibility index (Phi) is 5.40. The smallest absolute Gasteiger partial charge is 0.0125 e. The van der Waals surface area contributed by atoms with Gasteiger partial charge in [0.2, 0.25) is 0 Å². The molecule has 1 aliphatic rings. The largest absolute Gasteiger partial charge is 0.0625 e. The number of hydrogen-bond donors (Lipinski definition) is 0. The molecule has 0 atom stereocenters. The molecule has 1 fully saturated rings. The third kappa shape index (κ3) is 3.92. The van der Waals surface area contributed by atoms with Crippen molar-refractivity contribution >= 4 is 0 Å². The maximum atomic E-state index is 2.39. The molecule has 0 aliphatic heterocycles. The lowest BCUT2D eigenvalue weighted by Crippen LogP contribution is -2.10. The van der Waals surface area contributed by atoms with Crippen molar-refractivity contribution in [3.05, 3.63) is 82.9 Å². The van der Waals surface area contributed by atoms with Gasteiger partial charge >= 0.3 is 0 Å². The van der Waals surface area contributed by atoms with Crippen LogP contribution in [-0.2, 0) is 0 Å². The zero-order valence-corrected chi connectivity index (χ0v) is 17.8. The second-order valence-corrected chi connectivity index (χ2v) is 8.93. The van der Waals surface area contributed by atoms with E-state index in [1.54, 1.807) is 0 Å². The molecule has 0 N–H and O–H groups in total. The minimum atomic E-state index is 0.762. The van der Waals surface area contributed by atoms with Gasteiger partial charge in [-0.15, -0.1) is 0 Å². The summed E-state index contributed by atoms with van der Waals surface area (Å²) < 4.78 is 0. The Morgan fingerprint density at radius 1 is 0.607 bits per heavy atom. The molecular formula is C28H32. The van der Waals surface area contributed by atoms with Crippen LogP contribution in [0.15, 0.2) is 60.7 Å². The van der Waals surface area contributed by atoms with Crippen molar-refractivity contribution in [3.8, 4) is 22.3 Å². The quantitative estimate of drug-likeness (QED) is 0.436. The van der Waals surface area contributed by atoms with Gasteiger partial charge in [0, 0.05) is 0 Å². The fourth-order valence-corrected chi connectivity index (χ4v) is 4.85. The van der Waals surface area contributed by atoms with Crippen molar-refractivity contribution in [2.45, 2.75) is 59.3 Å². The SMILES string of the molecule is Cc1ccc(-c2c(C)cc(-c3ccc(C4CCC(C)CC4)cc3)cc2C)cc1. The van der Waals surface area contributed by atoms with E-state index in [0.29, 0.717) is 0 Å². The lowest BCUT2D eigenvalue weighted by atomic mass is 9.79. The lowest BCUT2D eigenvalue weighted by Gasteiger charge is -2.26. The second kappa shape index (κ2) is 7.95. The van der Waals surface area contributed by atoms with Crippen molar-refractivity contribution < 1.29 is 0 Å². The highest BCUT2D eigenvalue weighted by Gasteiger charge is 2.19. The molecule has 3 aromatic carbocycles. The van der Waals surface area contributed by atoms with E-state index in [-0.39, 0.29) is 0 Å². The van der Waals surface area contributed by atoms with Gasteiger partial charge in [0.25, 0.3) is 0 Å². The van der Waals surface area contributed by atoms with E-state index in [1.807, 2.05) is 0 Å². The lowest BCUT2D eigenvalue weighted by molar-refractivity contribution is 0.348. The van der Waals surface area contributed by atoms with Gasteiger partial charge < -0.3 is 0 Å². The van der Waals surface area contributed by atoms with E-state index in [0.717, 1.165) is 11.8 Å². The summed E-state index contributed by atoms with van der Waals surface area (Å²) in [5.74, 6) is 1.67. The molecule has 1 saturated carbocycles. The highest BCUT2D eigenvalue weighted by Crippen LogP contribution is 2.37. The van der Waals surface area contributed by atoms with Crippen LogP contribution in [0.3, 0.4) is 0 Å². The first-order valence-electron chi connectivity index (χ1n) is 10.8. The summed E-state index contributed by atoms with van der Waals surface area (Å²) in [5.41, 5.74) is 10.9. The third-order valence-electron chi connectivity index (χ3n) is 6.60. The molecule has 0 aromatic heterocycles. The molecule has 0 nitrogen and oxygen atoms in total. The van der Waals surface area contributed by atoms with Crippen LogP contribution in [0.1, 0.15) is 60.8 Å².